The summed E-state index contributed by atoms with van der Waals surface area (Å²) in [4.78, 5) is 38.6. The Kier molecular flexibility index (Phi) is 44.1. The van der Waals surface area contributed by atoms with E-state index in [9.17, 15) is 75.7 Å². The van der Waals surface area contributed by atoms with Gasteiger partial charge in [-0.15, -0.1) is 0 Å². The van der Waals surface area contributed by atoms with E-state index in [0.717, 1.165) is 51.9 Å². The smallest absolute Gasteiger partial charge is 0.364 e. The fourth-order valence-corrected chi connectivity index (χ4v) is 12.7. The second kappa shape index (κ2) is 48.4. The molecule has 0 aliphatic carbocycles. The van der Waals surface area contributed by atoms with E-state index in [1.807, 2.05) is 0 Å². The van der Waals surface area contributed by atoms with Crippen LogP contribution in [-0.4, -0.2) is 215 Å². The number of aliphatic carboxylic acids is 1. The molecule has 3 saturated heterocycles. The minimum atomic E-state index is -3.08. The van der Waals surface area contributed by atoms with Crippen molar-refractivity contribution in [3.63, 3.8) is 0 Å². The highest BCUT2D eigenvalue weighted by Crippen LogP contribution is 2.39. The maximum atomic E-state index is 13.5. The van der Waals surface area contributed by atoms with E-state index in [0.29, 0.717) is 19.3 Å². The number of amides is 2. The van der Waals surface area contributed by atoms with E-state index < -0.39 is 148 Å². The average molecular weight is 1300 g/mol. The average Bonchev–Trinajstić information content (AvgIpc) is 0.791. The third kappa shape index (κ3) is 30.6. The molecule has 0 aromatic carbocycles. The molecule has 530 valence electrons. The van der Waals surface area contributed by atoms with Crippen molar-refractivity contribution >= 4 is 17.8 Å². The summed E-state index contributed by atoms with van der Waals surface area (Å²) in [6, 6.07) is -2.52. The Morgan fingerprint density at radius 1 is 0.533 bits per heavy atom. The first kappa shape index (κ1) is 82.0. The molecule has 3 heterocycles. The highest BCUT2D eigenvalue weighted by Gasteiger charge is 2.60. The number of carbonyl (C=O) groups excluding carboxylic acids is 2. The summed E-state index contributed by atoms with van der Waals surface area (Å²) in [6.07, 6.45) is 15.3. The lowest BCUT2D eigenvalue weighted by atomic mass is 9.88. The molecule has 23 nitrogen and oxygen atoms in total. The lowest BCUT2D eigenvalue weighted by molar-refractivity contribution is -0.386. The van der Waals surface area contributed by atoms with Gasteiger partial charge < -0.3 is 100 Å². The molecule has 0 saturated carbocycles. The molecule has 3 fully saturated rings. The molecule has 23 heteroatoms. The van der Waals surface area contributed by atoms with Gasteiger partial charge in [-0.25, -0.2) is 4.79 Å². The van der Waals surface area contributed by atoms with Crippen molar-refractivity contribution in [2.45, 2.75) is 381 Å². The van der Waals surface area contributed by atoms with Crippen LogP contribution in [0.4, 0.5) is 0 Å². The number of nitrogens with one attached hydrogen (secondary N) is 2. The molecule has 0 bridgehead atoms. The van der Waals surface area contributed by atoms with Crippen LogP contribution in [0, 0.1) is 0 Å². The van der Waals surface area contributed by atoms with Crippen LogP contribution in [-0.2, 0) is 42.8 Å². The minimum Gasteiger partial charge on any atom is -0.477 e. The number of carbonyl (C=O) groups is 3. The van der Waals surface area contributed by atoms with E-state index in [2.05, 4.69) is 24.5 Å². The summed E-state index contributed by atoms with van der Waals surface area (Å²) in [7, 11) is 0. The van der Waals surface area contributed by atoms with Crippen LogP contribution in [0.1, 0.15) is 271 Å². The molecule has 3 aliphatic heterocycles. The number of rotatable bonds is 54. The number of unbranched alkanes of at least 4 members (excludes halogenated alkanes) is 34. The summed E-state index contributed by atoms with van der Waals surface area (Å²) in [5.74, 6) is -6.09. The normalized spacial score (nSPS) is 28.5. The quantitative estimate of drug-likeness (QED) is 0.0288. The van der Waals surface area contributed by atoms with Gasteiger partial charge in [-0.1, -0.05) is 239 Å². The lowest BCUT2D eigenvalue weighted by Crippen LogP contribution is -2.70. The largest absolute Gasteiger partial charge is 0.477 e. The molecule has 2 amide bonds. The minimum absolute atomic E-state index is 0.229. The van der Waals surface area contributed by atoms with E-state index in [4.69, 9.17) is 28.4 Å². The van der Waals surface area contributed by atoms with Gasteiger partial charge in [0.2, 0.25) is 11.8 Å². The van der Waals surface area contributed by atoms with Gasteiger partial charge in [0.15, 0.2) is 12.6 Å². The molecule has 14 N–H and O–H groups in total. The third-order valence-corrected chi connectivity index (χ3v) is 18.3. The number of aliphatic hydroxyl groups is 11. The van der Waals surface area contributed by atoms with Crippen LogP contribution >= 0.6 is 0 Å². The molecule has 90 heavy (non-hydrogen) atoms. The second-order valence-electron chi connectivity index (χ2n) is 26.1. The topological polar surface area (TPSA) is 373 Å². The SMILES string of the molecule is CCCCCCCCCCCCCCCCCCCCCCC(=O)NC(COC1OC(CO)C(OC2OC(CO)C(O)C(OC3(C(=O)O)CC(O)C(NC(C)=O)C(C(O)C(O)CO)O3)C2O)C(O)C1O)C(O)CCCCCCCCCCCCCCCCCC. The molecule has 3 rings (SSSR count). The van der Waals surface area contributed by atoms with Gasteiger partial charge in [0, 0.05) is 19.8 Å². The summed E-state index contributed by atoms with van der Waals surface area (Å²) in [6.45, 7) is 2.23. The zero-order valence-corrected chi connectivity index (χ0v) is 55.3. The Balaban J connectivity index is 1.58. The number of aliphatic hydroxyl groups excluding tert-OH is 11. The molecule has 0 aromatic rings. The highest BCUT2D eigenvalue weighted by atomic mass is 16.8. The van der Waals surface area contributed by atoms with Gasteiger partial charge in [-0.05, 0) is 12.8 Å². The van der Waals surface area contributed by atoms with Crippen LogP contribution in [0.2, 0.25) is 0 Å². The fourth-order valence-electron chi connectivity index (χ4n) is 12.7. The van der Waals surface area contributed by atoms with Crippen molar-refractivity contribution < 1.29 is 104 Å². The van der Waals surface area contributed by atoms with E-state index >= 15 is 0 Å². The van der Waals surface area contributed by atoms with Gasteiger partial charge in [-0.2, -0.15) is 0 Å². The lowest BCUT2D eigenvalue weighted by Gasteiger charge is -2.50. The zero-order valence-electron chi connectivity index (χ0n) is 55.3. The summed E-state index contributed by atoms with van der Waals surface area (Å²) in [5.41, 5.74) is 0. The Morgan fingerprint density at radius 2 is 0.967 bits per heavy atom. The van der Waals surface area contributed by atoms with Gasteiger partial charge in [-0.3, -0.25) is 9.59 Å². The summed E-state index contributed by atoms with van der Waals surface area (Å²) in [5, 5.41) is 136. The molecular weight excluding hydrogens is 1170 g/mol. The van der Waals surface area contributed by atoms with Crippen LogP contribution in [0.3, 0.4) is 0 Å². The molecular formula is C67H126N2O21. The first-order valence-electron chi connectivity index (χ1n) is 35.4. The molecule has 0 spiro atoms. The summed E-state index contributed by atoms with van der Waals surface area (Å²) >= 11 is 0. The van der Waals surface area contributed by atoms with Crippen molar-refractivity contribution in [1.82, 2.24) is 10.6 Å². The molecule has 18 unspecified atom stereocenters. The van der Waals surface area contributed by atoms with Gasteiger partial charge >= 0.3 is 5.97 Å². The molecule has 0 aromatic heterocycles. The Bertz CT molecular complexity index is 1830. The molecule has 18 atom stereocenters. The van der Waals surface area contributed by atoms with Crippen LogP contribution in [0.25, 0.3) is 0 Å². The number of carboxylic acids is 1. The Morgan fingerprint density at radius 3 is 1.39 bits per heavy atom. The number of ether oxygens (including phenoxy) is 6. The van der Waals surface area contributed by atoms with E-state index in [1.54, 1.807) is 0 Å². The van der Waals surface area contributed by atoms with Crippen molar-refractivity contribution in [2.75, 3.05) is 26.4 Å². The maximum Gasteiger partial charge on any atom is 0.364 e. The predicted molar refractivity (Wildman–Crippen MR) is 339 cm³/mol. The number of hydrogen-bond donors (Lipinski definition) is 14. The second-order valence-corrected chi connectivity index (χ2v) is 26.1. The fraction of sp³-hybridized carbons (Fsp3) is 0.955. The standard InChI is InChI=1S/C67H126N2O21/c1-4-6-8-10-12-14-16-18-20-22-23-24-25-27-29-31-33-35-37-39-41-54(77)69-48(49(74)40-38-36-34-32-30-28-26-21-19-17-15-13-11-9-7-5-2)46-85-64-59(81)58(80)61(53(45-72)87-64)88-65-60(82)63(57(79)52(44-71)86-65)90-67(66(83)84)42-50(75)55(68-47(3)73)62(89-67)56(78)51(76)43-70/h48-53,55-65,70-72,74-76,78-82H,4-46H2,1-3H3,(H,68,73)(H,69,77)(H,83,84). The monoisotopic (exact) mass is 1290 g/mol. The van der Waals surface area contributed by atoms with Crippen molar-refractivity contribution in [3.8, 4) is 0 Å². The Hall–Kier alpha value is -2.27. The predicted octanol–water partition coefficient (Wildman–Crippen LogP) is 6.51. The van der Waals surface area contributed by atoms with Gasteiger partial charge in [0.25, 0.3) is 5.79 Å². The Labute approximate surface area is 538 Å². The van der Waals surface area contributed by atoms with Gasteiger partial charge in [0.1, 0.15) is 67.1 Å². The number of carboxylic acid groups (broad SMARTS) is 1. The first-order valence-corrected chi connectivity index (χ1v) is 35.4. The van der Waals surface area contributed by atoms with Crippen LogP contribution < -0.4 is 10.6 Å². The third-order valence-electron chi connectivity index (χ3n) is 18.3. The molecule has 3 aliphatic rings. The van der Waals surface area contributed by atoms with Crippen LogP contribution in [0.15, 0.2) is 0 Å². The number of hydrogen-bond acceptors (Lipinski definition) is 20. The van der Waals surface area contributed by atoms with E-state index in [-0.39, 0.29) is 18.9 Å². The maximum absolute atomic E-state index is 13.5. The van der Waals surface area contributed by atoms with Crippen LogP contribution in [0.5, 0.6) is 0 Å². The summed E-state index contributed by atoms with van der Waals surface area (Å²) < 4.78 is 34.9. The molecule has 0 radical (unpaired) electrons. The van der Waals surface area contributed by atoms with Gasteiger partial charge in [0.05, 0.1) is 50.7 Å². The van der Waals surface area contributed by atoms with E-state index in [1.165, 1.54) is 173 Å². The van der Waals surface area contributed by atoms with Crippen molar-refractivity contribution in [3.05, 3.63) is 0 Å². The zero-order chi connectivity index (χ0) is 66.1. The van der Waals surface area contributed by atoms with Crippen molar-refractivity contribution in [2.24, 2.45) is 0 Å². The first-order chi connectivity index (χ1) is 43.4. The highest BCUT2D eigenvalue weighted by molar-refractivity contribution is 5.77. The van der Waals surface area contributed by atoms with Crippen molar-refractivity contribution in [1.29, 1.82) is 0 Å².